The van der Waals surface area contributed by atoms with E-state index in [0.717, 1.165) is 0 Å². The van der Waals surface area contributed by atoms with Gasteiger partial charge in [0, 0.05) is 5.92 Å². The summed E-state index contributed by atoms with van der Waals surface area (Å²) in [7, 11) is 0. The minimum absolute atomic E-state index is 0.00468. The molecule has 1 heterocycles. The first-order valence-electron chi connectivity index (χ1n) is 4.52. The quantitative estimate of drug-likeness (QED) is 0.612. The van der Waals surface area contributed by atoms with Crippen molar-refractivity contribution in [2.75, 3.05) is 6.61 Å². The minimum atomic E-state index is -0.714. The summed E-state index contributed by atoms with van der Waals surface area (Å²) in [6.07, 6.45) is -0.917. The Morgan fingerprint density at radius 2 is 1.67 bits per heavy atom. The monoisotopic (exact) mass is 174 g/mol. The molecule has 0 radical (unpaired) electrons. The van der Waals surface area contributed by atoms with Crippen molar-refractivity contribution in [1.29, 1.82) is 0 Å². The Morgan fingerprint density at radius 1 is 1.08 bits per heavy atom. The van der Waals surface area contributed by atoms with Gasteiger partial charge < -0.3 is 14.9 Å². The van der Waals surface area contributed by atoms with Gasteiger partial charge in [-0.2, -0.15) is 0 Å². The molecule has 0 amide bonds. The lowest BCUT2D eigenvalue weighted by Crippen LogP contribution is -2.46. The molecule has 1 saturated heterocycles. The number of rotatable bonds is 1. The summed E-state index contributed by atoms with van der Waals surface area (Å²) in [5, 5.41) is 18.4. The SMILES string of the molecule is CC1[C@H](O)OC(CO)[C@@H](C)[C@@H]1C. The summed E-state index contributed by atoms with van der Waals surface area (Å²) in [6, 6.07) is 0. The fraction of sp³-hybridized carbons (Fsp3) is 1.00. The van der Waals surface area contributed by atoms with Gasteiger partial charge in [-0.1, -0.05) is 20.8 Å². The molecule has 0 aromatic heterocycles. The van der Waals surface area contributed by atoms with Crippen molar-refractivity contribution < 1.29 is 14.9 Å². The predicted molar refractivity (Wildman–Crippen MR) is 45.5 cm³/mol. The van der Waals surface area contributed by atoms with Gasteiger partial charge in [-0.25, -0.2) is 0 Å². The average molecular weight is 174 g/mol. The van der Waals surface area contributed by atoms with Crippen LogP contribution in [0, 0.1) is 17.8 Å². The molecular formula is C9H18O3. The van der Waals surface area contributed by atoms with Crippen LogP contribution >= 0.6 is 0 Å². The number of hydrogen-bond acceptors (Lipinski definition) is 3. The highest BCUT2D eigenvalue weighted by molar-refractivity contribution is 4.81. The summed E-state index contributed by atoms with van der Waals surface area (Å²) in [6.45, 7) is 6.10. The van der Waals surface area contributed by atoms with Gasteiger partial charge in [0.15, 0.2) is 6.29 Å². The highest BCUT2D eigenvalue weighted by atomic mass is 16.6. The molecule has 2 unspecified atom stereocenters. The summed E-state index contributed by atoms with van der Waals surface area (Å²) >= 11 is 0. The van der Waals surface area contributed by atoms with Gasteiger partial charge in [-0.05, 0) is 11.8 Å². The van der Waals surface area contributed by atoms with Crippen LogP contribution in [0.1, 0.15) is 20.8 Å². The van der Waals surface area contributed by atoms with Crippen molar-refractivity contribution in [2.24, 2.45) is 17.8 Å². The summed E-state index contributed by atoms with van der Waals surface area (Å²) in [5.74, 6) is 0.863. The highest BCUT2D eigenvalue weighted by Gasteiger charge is 2.37. The lowest BCUT2D eigenvalue weighted by atomic mass is 9.79. The molecular weight excluding hydrogens is 156 g/mol. The van der Waals surface area contributed by atoms with Crippen LogP contribution in [-0.4, -0.2) is 29.2 Å². The summed E-state index contributed by atoms with van der Waals surface area (Å²) < 4.78 is 5.24. The molecule has 0 aliphatic carbocycles. The van der Waals surface area contributed by atoms with Crippen molar-refractivity contribution in [2.45, 2.75) is 33.2 Å². The van der Waals surface area contributed by atoms with Gasteiger partial charge in [0.25, 0.3) is 0 Å². The zero-order valence-electron chi connectivity index (χ0n) is 7.90. The van der Waals surface area contributed by atoms with Crippen LogP contribution in [0.25, 0.3) is 0 Å². The lowest BCUT2D eigenvalue weighted by molar-refractivity contribution is -0.232. The number of ether oxygens (including phenoxy) is 1. The topological polar surface area (TPSA) is 49.7 Å². The minimum Gasteiger partial charge on any atom is -0.394 e. The molecule has 3 heteroatoms. The fourth-order valence-corrected chi connectivity index (χ4v) is 1.71. The molecule has 0 bridgehead atoms. The maximum atomic E-state index is 9.43. The molecule has 2 N–H and O–H groups in total. The zero-order valence-corrected chi connectivity index (χ0v) is 7.90. The molecule has 0 spiro atoms. The van der Waals surface area contributed by atoms with Crippen LogP contribution in [0.4, 0.5) is 0 Å². The zero-order chi connectivity index (χ0) is 9.30. The van der Waals surface area contributed by atoms with Crippen molar-refractivity contribution in [3.8, 4) is 0 Å². The maximum Gasteiger partial charge on any atom is 0.157 e. The summed E-state index contributed by atoms with van der Waals surface area (Å²) in [4.78, 5) is 0. The smallest absolute Gasteiger partial charge is 0.157 e. The fourth-order valence-electron chi connectivity index (χ4n) is 1.71. The molecule has 1 fully saturated rings. The normalized spacial score (nSPS) is 49.2. The van der Waals surface area contributed by atoms with Crippen LogP contribution in [0.2, 0.25) is 0 Å². The molecule has 0 saturated carbocycles. The molecule has 3 nitrogen and oxygen atoms in total. The molecule has 72 valence electrons. The third kappa shape index (κ3) is 1.63. The Morgan fingerprint density at radius 3 is 2.17 bits per heavy atom. The molecule has 0 aromatic carbocycles. The van der Waals surface area contributed by atoms with E-state index in [4.69, 9.17) is 9.84 Å². The van der Waals surface area contributed by atoms with E-state index in [1.165, 1.54) is 0 Å². The first-order valence-corrected chi connectivity index (χ1v) is 4.52. The van der Waals surface area contributed by atoms with Gasteiger partial charge in [0.2, 0.25) is 0 Å². The standard InChI is InChI=1S/C9H18O3/c1-5-6(2)8(4-10)12-9(11)7(5)3/h5-11H,4H2,1-3H3/t5-,6-,7?,8?,9+/m0/s1. The Balaban J connectivity index is 2.63. The van der Waals surface area contributed by atoms with Crippen LogP contribution in [0.5, 0.6) is 0 Å². The van der Waals surface area contributed by atoms with Gasteiger partial charge in [-0.3, -0.25) is 0 Å². The molecule has 5 atom stereocenters. The van der Waals surface area contributed by atoms with Crippen molar-refractivity contribution >= 4 is 0 Å². The number of hydrogen-bond donors (Lipinski definition) is 2. The molecule has 12 heavy (non-hydrogen) atoms. The van der Waals surface area contributed by atoms with E-state index >= 15 is 0 Å². The second-order valence-electron chi connectivity index (χ2n) is 3.83. The Kier molecular flexibility index (Phi) is 3.09. The van der Waals surface area contributed by atoms with Crippen molar-refractivity contribution in [3.05, 3.63) is 0 Å². The maximum absolute atomic E-state index is 9.43. The van der Waals surface area contributed by atoms with Crippen LogP contribution < -0.4 is 0 Å². The van der Waals surface area contributed by atoms with Gasteiger partial charge >= 0.3 is 0 Å². The first kappa shape index (κ1) is 9.96. The first-order chi connectivity index (χ1) is 5.57. The third-order valence-electron chi connectivity index (χ3n) is 3.19. The molecule has 1 rings (SSSR count). The Bertz CT molecular complexity index is 144. The van der Waals surface area contributed by atoms with Gasteiger partial charge in [0.1, 0.15) is 0 Å². The van der Waals surface area contributed by atoms with Crippen molar-refractivity contribution in [3.63, 3.8) is 0 Å². The van der Waals surface area contributed by atoms with Crippen LogP contribution in [-0.2, 0) is 4.74 Å². The lowest BCUT2D eigenvalue weighted by Gasteiger charge is -2.40. The highest BCUT2D eigenvalue weighted by Crippen LogP contribution is 2.33. The van der Waals surface area contributed by atoms with E-state index in [9.17, 15) is 5.11 Å². The molecule has 1 aliphatic heterocycles. The second-order valence-corrected chi connectivity index (χ2v) is 3.83. The largest absolute Gasteiger partial charge is 0.394 e. The van der Waals surface area contributed by atoms with E-state index in [1.807, 2.05) is 13.8 Å². The van der Waals surface area contributed by atoms with E-state index in [2.05, 4.69) is 6.92 Å². The van der Waals surface area contributed by atoms with E-state index in [0.29, 0.717) is 11.8 Å². The summed E-state index contributed by atoms with van der Waals surface area (Å²) in [5.41, 5.74) is 0. The molecule has 0 aromatic rings. The van der Waals surface area contributed by atoms with Crippen molar-refractivity contribution in [1.82, 2.24) is 0 Å². The average Bonchev–Trinajstić information content (AvgIpc) is 2.08. The molecule has 1 aliphatic rings. The predicted octanol–water partition coefficient (Wildman–Crippen LogP) is 0.604. The van der Waals surface area contributed by atoms with E-state index in [1.54, 1.807) is 0 Å². The van der Waals surface area contributed by atoms with Gasteiger partial charge in [0.05, 0.1) is 12.7 Å². The van der Waals surface area contributed by atoms with E-state index in [-0.39, 0.29) is 18.6 Å². The third-order valence-corrected chi connectivity index (χ3v) is 3.19. The van der Waals surface area contributed by atoms with Crippen LogP contribution in [0.15, 0.2) is 0 Å². The van der Waals surface area contributed by atoms with Crippen LogP contribution in [0.3, 0.4) is 0 Å². The number of aliphatic hydroxyl groups is 2. The Hall–Kier alpha value is -0.120. The van der Waals surface area contributed by atoms with E-state index < -0.39 is 6.29 Å². The number of aliphatic hydroxyl groups excluding tert-OH is 2. The second kappa shape index (κ2) is 3.73. The van der Waals surface area contributed by atoms with Gasteiger partial charge in [-0.15, -0.1) is 0 Å². The Labute approximate surface area is 73.4 Å².